The Morgan fingerprint density at radius 2 is 1.83 bits per heavy atom. The maximum atomic E-state index is 12.1. The van der Waals surface area contributed by atoms with Crippen molar-refractivity contribution in [1.82, 2.24) is 10.6 Å². The van der Waals surface area contributed by atoms with E-state index in [1.165, 1.54) is 14.2 Å². The molecule has 0 radical (unpaired) electrons. The SMILES string of the molecule is CN=C(NCCC(F)(F)F)NCc1ccc(C(=O)OC)cc1.I. The highest BCUT2D eigenvalue weighted by Gasteiger charge is 2.26. The lowest BCUT2D eigenvalue weighted by molar-refractivity contribution is -0.132. The van der Waals surface area contributed by atoms with Crippen LogP contribution in [0, 0.1) is 0 Å². The minimum atomic E-state index is -4.20. The number of nitrogens with zero attached hydrogens (tertiary/aromatic N) is 1. The van der Waals surface area contributed by atoms with Gasteiger partial charge in [0.2, 0.25) is 0 Å². The average molecular weight is 445 g/mol. The second-order valence-corrected chi connectivity index (χ2v) is 4.41. The molecule has 0 aliphatic heterocycles. The molecule has 0 atom stereocenters. The van der Waals surface area contributed by atoms with Gasteiger partial charge < -0.3 is 15.4 Å². The van der Waals surface area contributed by atoms with E-state index in [9.17, 15) is 18.0 Å². The molecule has 0 bridgehead atoms. The van der Waals surface area contributed by atoms with Crippen LogP contribution < -0.4 is 10.6 Å². The fraction of sp³-hybridized carbons (Fsp3) is 0.429. The Hall–Kier alpha value is -1.52. The molecular weight excluding hydrogens is 426 g/mol. The molecule has 0 amide bonds. The Balaban J connectivity index is 0.00000484. The molecule has 1 rings (SSSR count). The Kier molecular flexibility index (Phi) is 9.61. The summed E-state index contributed by atoms with van der Waals surface area (Å²) in [4.78, 5) is 15.1. The van der Waals surface area contributed by atoms with Gasteiger partial charge in [-0.2, -0.15) is 13.2 Å². The molecule has 130 valence electrons. The van der Waals surface area contributed by atoms with Gasteiger partial charge in [0.25, 0.3) is 0 Å². The first-order chi connectivity index (χ1) is 10.4. The number of halogens is 4. The highest BCUT2D eigenvalue weighted by Crippen LogP contribution is 2.18. The van der Waals surface area contributed by atoms with E-state index in [0.717, 1.165) is 5.56 Å². The van der Waals surface area contributed by atoms with Gasteiger partial charge in [0.15, 0.2) is 5.96 Å². The third-order valence-corrected chi connectivity index (χ3v) is 2.76. The number of nitrogens with one attached hydrogen (secondary N) is 2. The van der Waals surface area contributed by atoms with E-state index in [1.54, 1.807) is 24.3 Å². The van der Waals surface area contributed by atoms with E-state index in [-0.39, 0.29) is 36.5 Å². The molecule has 0 saturated carbocycles. The van der Waals surface area contributed by atoms with Crippen LogP contribution >= 0.6 is 24.0 Å². The number of carbonyl (C=O) groups excluding carboxylic acids is 1. The quantitative estimate of drug-likeness (QED) is 0.317. The largest absolute Gasteiger partial charge is 0.465 e. The number of aliphatic imine (C=N–C) groups is 1. The van der Waals surface area contributed by atoms with Gasteiger partial charge in [-0.25, -0.2) is 4.79 Å². The van der Waals surface area contributed by atoms with E-state index in [2.05, 4.69) is 20.4 Å². The Bertz CT molecular complexity index is 519. The number of guanidine groups is 1. The molecule has 0 aromatic heterocycles. The maximum absolute atomic E-state index is 12.1. The summed E-state index contributed by atoms with van der Waals surface area (Å²) in [5.74, 6) is -0.148. The number of rotatable bonds is 5. The van der Waals surface area contributed by atoms with Crippen LogP contribution in [0.25, 0.3) is 0 Å². The van der Waals surface area contributed by atoms with Crippen molar-refractivity contribution < 1.29 is 22.7 Å². The zero-order chi connectivity index (χ0) is 16.6. The molecule has 0 spiro atoms. The van der Waals surface area contributed by atoms with Gasteiger partial charge in [-0.05, 0) is 17.7 Å². The first-order valence-corrected chi connectivity index (χ1v) is 6.54. The molecule has 0 saturated heterocycles. The highest BCUT2D eigenvalue weighted by atomic mass is 127. The van der Waals surface area contributed by atoms with Crippen molar-refractivity contribution in [3.05, 3.63) is 35.4 Å². The molecule has 2 N–H and O–H groups in total. The summed E-state index contributed by atoms with van der Waals surface area (Å²) in [5.41, 5.74) is 1.28. The Morgan fingerprint density at radius 3 is 2.30 bits per heavy atom. The monoisotopic (exact) mass is 445 g/mol. The highest BCUT2D eigenvalue weighted by molar-refractivity contribution is 14.0. The maximum Gasteiger partial charge on any atom is 0.390 e. The van der Waals surface area contributed by atoms with Crippen molar-refractivity contribution in [2.75, 3.05) is 20.7 Å². The van der Waals surface area contributed by atoms with Crippen molar-refractivity contribution in [2.45, 2.75) is 19.1 Å². The van der Waals surface area contributed by atoms with Crippen LogP contribution in [0.4, 0.5) is 13.2 Å². The van der Waals surface area contributed by atoms with Crippen LogP contribution in [0.3, 0.4) is 0 Å². The molecule has 0 unspecified atom stereocenters. The molecule has 0 aliphatic carbocycles. The van der Waals surface area contributed by atoms with Gasteiger partial charge in [-0.1, -0.05) is 12.1 Å². The molecule has 0 fully saturated rings. The smallest absolute Gasteiger partial charge is 0.390 e. The van der Waals surface area contributed by atoms with Crippen LogP contribution in [-0.2, 0) is 11.3 Å². The van der Waals surface area contributed by atoms with Gasteiger partial charge in [0, 0.05) is 20.1 Å². The zero-order valence-corrected chi connectivity index (χ0v) is 15.1. The number of ether oxygens (including phenoxy) is 1. The number of hydrogen-bond donors (Lipinski definition) is 2. The molecule has 0 aliphatic rings. The van der Waals surface area contributed by atoms with Gasteiger partial charge in [0.05, 0.1) is 19.1 Å². The van der Waals surface area contributed by atoms with Crippen molar-refractivity contribution >= 4 is 35.9 Å². The molecule has 1 aromatic rings. The van der Waals surface area contributed by atoms with Crippen molar-refractivity contribution in [3.8, 4) is 0 Å². The van der Waals surface area contributed by atoms with Crippen LogP contribution in [-0.4, -0.2) is 38.8 Å². The predicted molar refractivity (Wildman–Crippen MR) is 92.1 cm³/mol. The van der Waals surface area contributed by atoms with Gasteiger partial charge in [0.1, 0.15) is 0 Å². The number of alkyl halides is 3. The topological polar surface area (TPSA) is 62.7 Å². The summed E-state index contributed by atoms with van der Waals surface area (Å²) in [6.45, 7) is 0.123. The first-order valence-electron chi connectivity index (χ1n) is 6.54. The summed E-state index contributed by atoms with van der Waals surface area (Å²) in [6, 6.07) is 6.68. The van der Waals surface area contributed by atoms with Crippen molar-refractivity contribution in [2.24, 2.45) is 4.99 Å². The molecular formula is C14H19F3IN3O2. The summed E-state index contributed by atoms with van der Waals surface area (Å²) >= 11 is 0. The third-order valence-electron chi connectivity index (χ3n) is 2.76. The van der Waals surface area contributed by atoms with E-state index < -0.39 is 18.6 Å². The van der Waals surface area contributed by atoms with Crippen molar-refractivity contribution in [1.29, 1.82) is 0 Å². The lowest BCUT2D eigenvalue weighted by Crippen LogP contribution is -2.38. The van der Waals surface area contributed by atoms with Gasteiger partial charge in [-0.15, -0.1) is 24.0 Å². The van der Waals surface area contributed by atoms with E-state index in [1.807, 2.05) is 0 Å². The number of esters is 1. The first kappa shape index (κ1) is 21.5. The molecule has 9 heteroatoms. The van der Waals surface area contributed by atoms with E-state index in [0.29, 0.717) is 12.1 Å². The van der Waals surface area contributed by atoms with Gasteiger partial charge >= 0.3 is 12.1 Å². The Labute approximate surface area is 149 Å². The molecule has 23 heavy (non-hydrogen) atoms. The lowest BCUT2D eigenvalue weighted by Gasteiger charge is -2.13. The summed E-state index contributed by atoms with van der Waals surface area (Å²) in [6.07, 6.45) is -5.13. The van der Waals surface area contributed by atoms with Crippen LogP contribution in [0.15, 0.2) is 29.3 Å². The number of carbonyl (C=O) groups is 1. The standard InChI is InChI=1S/C14H18F3N3O2.HI/c1-18-13(19-8-7-14(15,16)17)20-9-10-3-5-11(6-4-10)12(21)22-2;/h3-6H,7-9H2,1-2H3,(H2,18,19,20);1H. The fourth-order valence-corrected chi connectivity index (χ4v) is 1.61. The summed E-state index contributed by atoms with van der Waals surface area (Å²) in [5, 5.41) is 5.47. The second-order valence-electron chi connectivity index (χ2n) is 4.41. The molecule has 1 aromatic carbocycles. The minimum Gasteiger partial charge on any atom is -0.465 e. The summed E-state index contributed by atoms with van der Waals surface area (Å²) in [7, 11) is 2.78. The molecule has 5 nitrogen and oxygen atoms in total. The third kappa shape index (κ3) is 8.62. The number of benzene rings is 1. The minimum absolute atomic E-state index is 0. The van der Waals surface area contributed by atoms with E-state index in [4.69, 9.17) is 0 Å². The van der Waals surface area contributed by atoms with Gasteiger partial charge in [-0.3, -0.25) is 4.99 Å². The van der Waals surface area contributed by atoms with Crippen LogP contribution in [0.2, 0.25) is 0 Å². The fourth-order valence-electron chi connectivity index (χ4n) is 1.61. The average Bonchev–Trinajstić information content (AvgIpc) is 2.49. The predicted octanol–water partition coefficient (Wildman–Crippen LogP) is 2.71. The normalized spacial score (nSPS) is 11.4. The second kappa shape index (κ2) is 10.3. The van der Waals surface area contributed by atoms with Crippen LogP contribution in [0.5, 0.6) is 0 Å². The van der Waals surface area contributed by atoms with E-state index >= 15 is 0 Å². The lowest BCUT2D eigenvalue weighted by atomic mass is 10.1. The summed E-state index contributed by atoms with van der Waals surface area (Å²) < 4.78 is 40.8. The molecule has 0 heterocycles. The Morgan fingerprint density at radius 1 is 1.22 bits per heavy atom. The van der Waals surface area contributed by atoms with Crippen LogP contribution in [0.1, 0.15) is 22.3 Å². The van der Waals surface area contributed by atoms with Crippen molar-refractivity contribution in [3.63, 3.8) is 0 Å². The number of hydrogen-bond acceptors (Lipinski definition) is 3. The number of methoxy groups -OCH3 is 1. The zero-order valence-electron chi connectivity index (χ0n) is 12.7.